The van der Waals surface area contributed by atoms with Gasteiger partial charge >= 0.3 is 0 Å². The summed E-state index contributed by atoms with van der Waals surface area (Å²) in [5, 5.41) is -0.116. The summed E-state index contributed by atoms with van der Waals surface area (Å²) in [7, 11) is -3.72. The number of rotatable bonds is 4. The number of hydrogen-bond acceptors (Lipinski definition) is 2. The third-order valence-corrected chi connectivity index (χ3v) is 6.51. The van der Waals surface area contributed by atoms with Crippen LogP contribution in [0.25, 0.3) is 0 Å². The van der Waals surface area contributed by atoms with E-state index in [9.17, 15) is 12.8 Å². The Bertz CT molecular complexity index is 622. The van der Waals surface area contributed by atoms with Gasteiger partial charge in [0.15, 0.2) is 0 Å². The lowest BCUT2D eigenvalue weighted by Crippen LogP contribution is -2.43. The summed E-state index contributed by atoms with van der Waals surface area (Å²) in [6.07, 6.45) is 3.44. The van der Waals surface area contributed by atoms with Crippen molar-refractivity contribution in [1.82, 2.24) is 4.31 Å². The molecule has 7 heteroatoms. The topological polar surface area (TPSA) is 37.4 Å². The summed E-state index contributed by atoms with van der Waals surface area (Å²) < 4.78 is 40.8. The smallest absolute Gasteiger partial charge is 0.207 e. The zero-order valence-electron chi connectivity index (χ0n) is 11.8. The third-order valence-electron chi connectivity index (χ3n) is 3.87. The number of nitrogens with zero attached hydrogens (tertiary/aromatic N) is 1. The maximum Gasteiger partial charge on any atom is 0.243 e. The van der Waals surface area contributed by atoms with Crippen molar-refractivity contribution in [2.75, 3.05) is 6.54 Å². The van der Waals surface area contributed by atoms with Gasteiger partial charge in [-0.15, -0.1) is 11.6 Å². The second kappa shape index (κ2) is 6.82. The second-order valence-electron chi connectivity index (χ2n) is 5.19. The van der Waals surface area contributed by atoms with Crippen molar-refractivity contribution < 1.29 is 12.8 Å². The molecular formula is C14H18Cl2FNO2S. The minimum absolute atomic E-state index is 0.0260. The highest BCUT2D eigenvalue weighted by atomic mass is 35.5. The molecule has 21 heavy (non-hydrogen) atoms. The second-order valence-corrected chi connectivity index (χ2v) is 7.72. The van der Waals surface area contributed by atoms with E-state index in [2.05, 4.69) is 0 Å². The monoisotopic (exact) mass is 353 g/mol. The van der Waals surface area contributed by atoms with E-state index in [0.717, 1.165) is 31.7 Å². The van der Waals surface area contributed by atoms with Gasteiger partial charge in [-0.1, -0.05) is 24.9 Å². The summed E-state index contributed by atoms with van der Waals surface area (Å²) in [6.45, 7) is 2.44. The van der Waals surface area contributed by atoms with E-state index in [-0.39, 0.29) is 21.8 Å². The van der Waals surface area contributed by atoms with Crippen molar-refractivity contribution in [2.45, 2.75) is 49.4 Å². The number of hydrogen-bond donors (Lipinski definition) is 0. The minimum Gasteiger partial charge on any atom is -0.207 e. The third kappa shape index (κ3) is 3.36. The van der Waals surface area contributed by atoms with Crippen LogP contribution < -0.4 is 0 Å². The minimum atomic E-state index is -3.72. The fourth-order valence-electron chi connectivity index (χ4n) is 2.70. The molecule has 2 rings (SSSR count). The fourth-order valence-corrected chi connectivity index (χ4v) is 4.98. The molecule has 118 valence electrons. The van der Waals surface area contributed by atoms with Crippen LogP contribution in [0.2, 0.25) is 5.02 Å². The van der Waals surface area contributed by atoms with Gasteiger partial charge in [0.05, 0.1) is 9.92 Å². The molecule has 0 aromatic heterocycles. The largest absolute Gasteiger partial charge is 0.243 e. The highest BCUT2D eigenvalue weighted by molar-refractivity contribution is 7.89. The zero-order valence-corrected chi connectivity index (χ0v) is 14.1. The average Bonchev–Trinajstić information content (AvgIpc) is 2.49. The Balaban J connectivity index is 2.46. The first-order valence-corrected chi connectivity index (χ1v) is 9.32. The van der Waals surface area contributed by atoms with Crippen molar-refractivity contribution >= 4 is 33.2 Å². The molecule has 1 heterocycles. The van der Waals surface area contributed by atoms with Crippen LogP contribution in [0.1, 0.15) is 38.2 Å². The standard InChI is InChI=1S/C14H18Cl2FNO2S/c1-2-11-5-3-4-6-18(11)21(19,20)12-7-10(9-15)14(16)13(17)8-12/h7-8,11H,2-6,9H2,1H3. The Morgan fingerprint density at radius 3 is 2.71 bits per heavy atom. The molecule has 1 unspecified atom stereocenters. The normalized spacial score (nSPS) is 20.7. The van der Waals surface area contributed by atoms with E-state index in [1.165, 1.54) is 10.4 Å². The summed E-state index contributed by atoms with van der Waals surface area (Å²) in [5.41, 5.74) is 0.293. The number of halogens is 3. The maximum atomic E-state index is 13.8. The quantitative estimate of drug-likeness (QED) is 0.761. The van der Waals surface area contributed by atoms with E-state index in [0.29, 0.717) is 12.1 Å². The molecule has 1 aliphatic heterocycles. The van der Waals surface area contributed by atoms with Crippen LogP contribution in [-0.2, 0) is 15.9 Å². The van der Waals surface area contributed by atoms with Crippen LogP contribution >= 0.6 is 23.2 Å². The number of alkyl halides is 1. The molecule has 0 bridgehead atoms. The van der Waals surface area contributed by atoms with Crippen LogP contribution in [0.5, 0.6) is 0 Å². The fraction of sp³-hybridized carbons (Fsp3) is 0.571. The molecule has 1 saturated heterocycles. The first-order valence-electron chi connectivity index (χ1n) is 6.97. The van der Waals surface area contributed by atoms with Gasteiger partial charge in [-0.25, -0.2) is 12.8 Å². The molecule has 1 aromatic rings. The van der Waals surface area contributed by atoms with E-state index in [1.807, 2.05) is 6.92 Å². The Kier molecular flexibility index (Phi) is 5.52. The van der Waals surface area contributed by atoms with E-state index < -0.39 is 15.8 Å². The number of piperidine rings is 1. The summed E-state index contributed by atoms with van der Waals surface area (Å²) in [4.78, 5) is -0.0691. The molecule has 0 radical (unpaired) electrons. The van der Waals surface area contributed by atoms with Gasteiger partial charge in [0.1, 0.15) is 5.82 Å². The maximum absolute atomic E-state index is 13.8. The molecule has 0 N–H and O–H groups in total. The molecule has 0 spiro atoms. The molecule has 3 nitrogen and oxygen atoms in total. The summed E-state index contributed by atoms with van der Waals surface area (Å²) in [6, 6.07) is 2.33. The van der Waals surface area contributed by atoms with Crippen LogP contribution in [0.4, 0.5) is 4.39 Å². The molecule has 1 aliphatic rings. The van der Waals surface area contributed by atoms with E-state index in [1.54, 1.807) is 0 Å². The number of benzene rings is 1. The zero-order chi connectivity index (χ0) is 15.6. The summed E-state index contributed by atoms with van der Waals surface area (Å²) >= 11 is 11.5. The van der Waals surface area contributed by atoms with Crippen LogP contribution in [0.3, 0.4) is 0 Å². The van der Waals surface area contributed by atoms with E-state index in [4.69, 9.17) is 23.2 Å². The van der Waals surface area contributed by atoms with Crippen LogP contribution in [-0.4, -0.2) is 25.3 Å². The Hall–Kier alpha value is -0.360. The van der Waals surface area contributed by atoms with Crippen LogP contribution in [0.15, 0.2) is 17.0 Å². The molecule has 1 atom stereocenters. The molecule has 0 amide bonds. The Morgan fingerprint density at radius 1 is 1.38 bits per heavy atom. The van der Waals surface area contributed by atoms with Gasteiger partial charge in [-0.2, -0.15) is 4.31 Å². The van der Waals surface area contributed by atoms with Gasteiger partial charge in [0.2, 0.25) is 10.0 Å². The lowest BCUT2D eigenvalue weighted by Gasteiger charge is -2.34. The lowest BCUT2D eigenvalue weighted by atomic mass is 10.0. The van der Waals surface area contributed by atoms with Gasteiger partial charge in [0, 0.05) is 18.5 Å². The lowest BCUT2D eigenvalue weighted by molar-refractivity contribution is 0.246. The van der Waals surface area contributed by atoms with Crippen molar-refractivity contribution in [3.05, 3.63) is 28.5 Å². The van der Waals surface area contributed by atoms with Gasteiger partial charge < -0.3 is 0 Å². The number of sulfonamides is 1. The average molecular weight is 354 g/mol. The first kappa shape index (κ1) is 17.0. The summed E-state index contributed by atoms with van der Waals surface area (Å²) in [5.74, 6) is -0.783. The highest BCUT2D eigenvalue weighted by Crippen LogP contribution is 2.31. The molecule has 0 saturated carbocycles. The van der Waals surface area contributed by atoms with Crippen molar-refractivity contribution in [3.8, 4) is 0 Å². The van der Waals surface area contributed by atoms with Gasteiger partial charge in [0.25, 0.3) is 0 Å². The predicted molar refractivity (Wildman–Crippen MR) is 82.8 cm³/mol. The molecule has 1 aromatic carbocycles. The van der Waals surface area contributed by atoms with Gasteiger partial charge in [-0.3, -0.25) is 0 Å². The first-order chi connectivity index (χ1) is 9.91. The predicted octanol–water partition coefficient (Wildman–Crippen LogP) is 4.17. The van der Waals surface area contributed by atoms with E-state index >= 15 is 0 Å². The Labute approximate surface area is 135 Å². The Morgan fingerprint density at radius 2 is 2.10 bits per heavy atom. The van der Waals surface area contributed by atoms with Crippen LogP contribution in [0, 0.1) is 5.82 Å². The molecule has 1 fully saturated rings. The van der Waals surface area contributed by atoms with Gasteiger partial charge in [-0.05, 0) is 37.0 Å². The van der Waals surface area contributed by atoms with Crippen molar-refractivity contribution in [3.63, 3.8) is 0 Å². The SMILES string of the molecule is CCC1CCCCN1S(=O)(=O)c1cc(F)c(Cl)c(CCl)c1. The van der Waals surface area contributed by atoms with Crippen molar-refractivity contribution in [2.24, 2.45) is 0 Å². The molecule has 0 aliphatic carbocycles. The molecular weight excluding hydrogens is 336 g/mol. The highest BCUT2D eigenvalue weighted by Gasteiger charge is 2.33. The van der Waals surface area contributed by atoms with Crippen molar-refractivity contribution in [1.29, 1.82) is 0 Å².